The number of rotatable bonds is 7. The first kappa shape index (κ1) is 19.6. The van der Waals surface area contributed by atoms with Crippen LogP contribution < -0.4 is 16.4 Å². The summed E-state index contributed by atoms with van der Waals surface area (Å²) in [6.45, 7) is 5.42. The molecule has 1 aliphatic carbocycles. The lowest BCUT2D eigenvalue weighted by Gasteiger charge is -2.32. The largest absolute Gasteiger partial charge is 0.369 e. The van der Waals surface area contributed by atoms with Gasteiger partial charge in [-0.15, -0.1) is 0 Å². The van der Waals surface area contributed by atoms with Crippen LogP contribution in [0.2, 0.25) is 0 Å². The molecule has 0 aromatic heterocycles. The van der Waals surface area contributed by atoms with E-state index < -0.39 is 0 Å². The van der Waals surface area contributed by atoms with E-state index in [-0.39, 0.29) is 17.1 Å². The molecule has 7 heteroatoms. The highest BCUT2D eigenvalue weighted by molar-refractivity contribution is 5.80. The molecule has 2 fully saturated rings. The van der Waals surface area contributed by atoms with Crippen LogP contribution in [0.5, 0.6) is 0 Å². The summed E-state index contributed by atoms with van der Waals surface area (Å²) < 4.78 is 14.2. The van der Waals surface area contributed by atoms with Crippen LogP contribution in [-0.2, 0) is 10.2 Å². The second-order valence-electron chi connectivity index (χ2n) is 7.62. The zero-order valence-electron chi connectivity index (χ0n) is 16.0. The second-order valence-corrected chi connectivity index (χ2v) is 7.62. The maximum atomic E-state index is 14.2. The number of benzene rings is 1. The van der Waals surface area contributed by atoms with Crippen molar-refractivity contribution in [1.29, 1.82) is 0 Å². The topological polar surface area (TPSA) is 82.8 Å². The molecule has 0 spiro atoms. The van der Waals surface area contributed by atoms with Crippen LogP contribution in [0.3, 0.4) is 0 Å². The van der Waals surface area contributed by atoms with Crippen molar-refractivity contribution < 1.29 is 9.18 Å². The van der Waals surface area contributed by atoms with E-state index in [1.807, 2.05) is 19.1 Å². The van der Waals surface area contributed by atoms with Gasteiger partial charge in [0.15, 0.2) is 5.96 Å². The van der Waals surface area contributed by atoms with Crippen molar-refractivity contribution in [2.24, 2.45) is 10.7 Å². The molecule has 1 aromatic carbocycles. The summed E-state index contributed by atoms with van der Waals surface area (Å²) in [5.41, 5.74) is 5.90. The fourth-order valence-corrected chi connectivity index (χ4v) is 3.75. The van der Waals surface area contributed by atoms with E-state index in [1.165, 1.54) is 6.07 Å². The molecule has 27 heavy (non-hydrogen) atoms. The van der Waals surface area contributed by atoms with Crippen molar-refractivity contribution >= 4 is 11.9 Å². The van der Waals surface area contributed by atoms with Gasteiger partial charge >= 0.3 is 0 Å². The lowest BCUT2D eigenvalue weighted by Crippen LogP contribution is -2.50. The molecule has 1 amide bonds. The number of carbonyl (C=O) groups excluding carboxylic acids is 1. The quantitative estimate of drug-likeness (QED) is 0.496. The summed E-state index contributed by atoms with van der Waals surface area (Å²) in [6, 6.07) is 7.35. The number of piperidine rings is 1. The predicted octanol–water partition coefficient (Wildman–Crippen LogP) is 1.36. The van der Waals surface area contributed by atoms with Gasteiger partial charge in [-0.25, -0.2) is 4.39 Å². The van der Waals surface area contributed by atoms with Crippen molar-refractivity contribution in [3.8, 4) is 0 Å². The number of primary amides is 1. The summed E-state index contributed by atoms with van der Waals surface area (Å²) in [5, 5.41) is 6.80. The van der Waals surface area contributed by atoms with E-state index in [4.69, 9.17) is 10.7 Å². The molecular weight excluding hydrogens is 345 g/mol. The zero-order chi connectivity index (χ0) is 19.3. The third-order valence-corrected chi connectivity index (χ3v) is 5.49. The Kier molecular flexibility index (Phi) is 6.31. The van der Waals surface area contributed by atoms with Gasteiger partial charge in [-0.3, -0.25) is 14.7 Å². The van der Waals surface area contributed by atoms with E-state index in [2.05, 4.69) is 15.5 Å². The third kappa shape index (κ3) is 5.19. The first-order chi connectivity index (χ1) is 13.0. The number of nitrogens with two attached hydrogens (primary N) is 1. The SMILES string of the molecule is CCNC(=NCC1(c2ccccc2F)CC1)NC1CCN(CC(N)=O)CC1. The molecular formula is C20H30FN5O. The standard InChI is InChI=1S/C20H30FN5O/c1-2-23-19(25-15-7-11-26(12-8-15)13-18(22)27)24-14-20(9-10-20)16-5-3-4-6-17(16)21/h3-6,15H,2,7-14H2,1H3,(H2,22,27)(H2,23,24,25). The van der Waals surface area contributed by atoms with Gasteiger partial charge in [-0.1, -0.05) is 18.2 Å². The molecule has 0 bridgehead atoms. The molecule has 3 rings (SSSR count). The Labute approximate surface area is 160 Å². The normalized spacial score (nSPS) is 20.3. The summed E-state index contributed by atoms with van der Waals surface area (Å²) in [6.07, 6.45) is 3.83. The van der Waals surface area contributed by atoms with E-state index in [0.29, 0.717) is 19.1 Å². The highest BCUT2D eigenvalue weighted by Crippen LogP contribution is 2.49. The number of halogens is 1. The Hall–Kier alpha value is -2.15. The van der Waals surface area contributed by atoms with Gasteiger partial charge in [0, 0.05) is 31.1 Å². The molecule has 0 unspecified atom stereocenters. The second kappa shape index (κ2) is 8.69. The Balaban J connectivity index is 1.58. The van der Waals surface area contributed by atoms with Crippen LogP contribution in [0.1, 0.15) is 38.2 Å². The maximum Gasteiger partial charge on any atom is 0.231 e. The highest BCUT2D eigenvalue weighted by Gasteiger charge is 2.45. The van der Waals surface area contributed by atoms with Gasteiger partial charge < -0.3 is 16.4 Å². The fraction of sp³-hybridized carbons (Fsp3) is 0.600. The van der Waals surface area contributed by atoms with Crippen molar-refractivity contribution in [1.82, 2.24) is 15.5 Å². The molecule has 1 heterocycles. The number of hydrogen-bond donors (Lipinski definition) is 3. The van der Waals surface area contributed by atoms with Crippen LogP contribution >= 0.6 is 0 Å². The van der Waals surface area contributed by atoms with Crippen LogP contribution in [0.25, 0.3) is 0 Å². The molecule has 2 aliphatic rings. The van der Waals surface area contributed by atoms with Crippen LogP contribution in [-0.4, -0.2) is 55.5 Å². The first-order valence-corrected chi connectivity index (χ1v) is 9.83. The molecule has 4 N–H and O–H groups in total. The van der Waals surface area contributed by atoms with Crippen LogP contribution in [0.4, 0.5) is 4.39 Å². The molecule has 0 atom stereocenters. The van der Waals surface area contributed by atoms with Crippen LogP contribution in [0, 0.1) is 5.82 Å². The number of nitrogens with zero attached hydrogens (tertiary/aromatic N) is 2. The third-order valence-electron chi connectivity index (χ3n) is 5.49. The van der Waals surface area contributed by atoms with E-state index in [0.717, 1.165) is 56.8 Å². The molecule has 1 saturated carbocycles. The number of likely N-dealkylation sites (tertiary alicyclic amines) is 1. The average Bonchev–Trinajstić information content (AvgIpc) is 3.42. The number of carbonyl (C=O) groups is 1. The molecule has 1 saturated heterocycles. The maximum absolute atomic E-state index is 14.2. The van der Waals surface area contributed by atoms with Gasteiger partial charge in [0.1, 0.15) is 5.82 Å². The molecule has 6 nitrogen and oxygen atoms in total. The van der Waals surface area contributed by atoms with E-state index in [9.17, 15) is 9.18 Å². The van der Waals surface area contributed by atoms with Gasteiger partial charge in [-0.2, -0.15) is 0 Å². The first-order valence-electron chi connectivity index (χ1n) is 9.83. The molecule has 1 aliphatic heterocycles. The smallest absolute Gasteiger partial charge is 0.231 e. The summed E-state index contributed by atoms with van der Waals surface area (Å²) in [7, 11) is 0. The summed E-state index contributed by atoms with van der Waals surface area (Å²) in [5.74, 6) is 0.373. The lowest BCUT2D eigenvalue weighted by molar-refractivity contribution is -0.119. The number of amides is 1. The minimum absolute atomic E-state index is 0.134. The van der Waals surface area contributed by atoms with Crippen molar-refractivity contribution in [2.45, 2.75) is 44.1 Å². The zero-order valence-corrected chi connectivity index (χ0v) is 16.0. The number of hydrogen-bond acceptors (Lipinski definition) is 3. The minimum Gasteiger partial charge on any atom is -0.369 e. The predicted molar refractivity (Wildman–Crippen MR) is 105 cm³/mol. The van der Waals surface area contributed by atoms with Gasteiger partial charge in [-0.05, 0) is 44.2 Å². The average molecular weight is 375 g/mol. The van der Waals surface area contributed by atoms with E-state index in [1.54, 1.807) is 6.07 Å². The fourth-order valence-electron chi connectivity index (χ4n) is 3.75. The van der Waals surface area contributed by atoms with Gasteiger partial charge in [0.05, 0.1) is 13.1 Å². The number of aliphatic imine (C=N–C) groups is 1. The van der Waals surface area contributed by atoms with Gasteiger partial charge in [0.25, 0.3) is 0 Å². The van der Waals surface area contributed by atoms with E-state index >= 15 is 0 Å². The Morgan fingerprint density at radius 3 is 2.63 bits per heavy atom. The summed E-state index contributed by atoms with van der Waals surface area (Å²) >= 11 is 0. The van der Waals surface area contributed by atoms with Crippen molar-refractivity contribution in [3.63, 3.8) is 0 Å². The monoisotopic (exact) mass is 375 g/mol. The minimum atomic E-state index is -0.279. The summed E-state index contributed by atoms with van der Waals surface area (Å²) in [4.78, 5) is 17.9. The Morgan fingerprint density at radius 2 is 2.04 bits per heavy atom. The van der Waals surface area contributed by atoms with Crippen molar-refractivity contribution in [2.75, 3.05) is 32.7 Å². The molecule has 1 aromatic rings. The van der Waals surface area contributed by atoms with Crippen LogP contribution in [0.15, 0.2) is 29.3 Å². The number of nitrogens with one attached hydrogen (secondary N) is 2. The Bertz CT molecular complexity index is 681. The molecule has 0 radical (unpaired) electrons. The van der Waals surface area contributed by atoms with Crippen molar-refractivity contribution in [3.05, 3.63) is 35.6 Å². The highest BCUT2D eigenvalue weighted by atomic mass is 19.1. The molecule has 148 valence electrons. The Morgan fingerprint density at radius 1 is 1.33 bits per heavy atom. The van der Waals surface area contributed by atoms with Gasteiger partial charge in [0.2, 0.25) is 5.91 Å². The lowest BCUT2D eigenvalue weighted by atomic mass is 9.95. The number of guanidine groups is 1.